The largest absolute Gasteiger partial charge is 0.390 e. The van der Waals surface area contributed by atoms with E-state index in [1.165, 1.54) is 22.3 Å². The Labute approximate surface area is 102 Å². The fraction of sp³-hybridized carbons (Fsp3) is 0.125. The Morgan fingerprint density at radius 2 is 1.47 bits per heavy atom. The SMILES string of the molecule is C=CNCC1c2ccccc2-c2ccccc21. The fourth-order valence-electron chi connectivity index (χ4n) is 2.68. The second-order valence-electron chi connectivity index (χ2n) is 4.34. The van der Waals surface area contributed by atoms with Crippen LogP contribution in [0.4, 0.5) is 0 Å². The van der Waals surface area contributed by atoms with Gasteiger partial charge in [-0.25, -0.2) is 0 Å². The molecule has 0 atom stereocenters. The van der Waals surface area contributed by atoms with E-state index < -0.39 is 0 Å². The molecule has 0 aromatic heterocycles. The minimum atomic E-state index is 0.445. The molecule has 0 unspecified atom stereocenters. The van der Waals surface area contributed by atoms with Crippen molar-refractivity contribution in [2.75, 3.05) is 6.54 Å². The Balaban J connectivity index is 2.13. The lowest BCUT2D eigenvalue weighted by molar-refractivity contribution is 0.750. The van der Waals surface area contributed by atoms with Crippen molar-refractivity contribution in [3.05, 3.63) is 72.4 Å². The van der Waals surface area contributed by atoms with Crippen LogP contribution in [0, 0.1) is 0 Å². The van der Waals surface area contributed by atoms with Gasteiger partial charge in [0.15, 0.2) is 0 Å². The Morgan fingerprint density at radius 1 is 0.941 bits per heavy atom. The summed E-state index contributed by atoms with van der Waals surface area (Å²) < 4.78 is 0. The van der Waals surface area contributed by atoms with Gasteiger partial charge in [0.1, 0.15) is 0 Å². The maximum atomic E-state index is 3.72. The zero-order valence-corrected chi connectivity index (χ0v) is 9.69. The van der Waals surface area contributed by atoms with Crippen LogP contribution in [0.5, 0.6) is 0 Å². The molecule has 0 bridgehead atoms. The van der Waals surface area contributed by atoms with Crippen LogP contribution in [0.1, 0.15) is 17.0 Å². The van der Waals surface area contributed by atoms with Gasteiger partial charge in [-0.3, -0.25) is 0 Å². The molecule has 0 aliphatic heterocycles. The lowest BCUT2D eigenvalue weighted by Crippen LogP contribution is -2.15. The standard InChI is InChI=1S/C16H15N/c1-2-17-11-16-14-9-5-3-7-12(14)13-8-4-6-10-15(13)16/h2-10,16-17H,1,11H2. The number of nitrogens with one attached hydrogen (secondary N) is 1. The van der Waals surface area contributed by atoms with Gasteiger partial charge in [0.05, 0.1) is 0 Å². The van der Waals surface area contributed by atoms with Crippen molar-refractivity contribution < 1.29 is 0 Å². The first-order chi connectivity index (χ1) is 8.42. The first kappa shape index (κ1) is 10.2. The summed E-state index contributed by atoms with van der Waals surface area (Å²) in [5, 5.41) is 3.24. The Kier molecular flexibility index (Phi) is 2.45. The van der Waals surface area contributed by atoms with E-state index in [9.17, 15) is 0 Å². The van der Waals surface area contributed by atoms with E-state index in [1.807, 2.05) is 0 Å². The van der Waals surface area contributed by atoms with E-state index in [4.69, 9.17) is 0 Å². The van der Waals surface area contributed by atoms with Gasteiger partial charge in [0.2, 0.25) is 0 Å². The maximum Gasteiger partial charge on any atom is 0.0275 e. The minimum Gasteiger partial charge on any atom is -0.390 e. The van der Waals surface area contributed by atoms with E-state index in [0.717, 1.165) is 6.54 Å². The summed E-state index contributed by atoms with van der Waals surface area (Å²) in [6.45, 7) is 4.64. The highest BCUT2D eigenvalue weighted by atomic mass is 14.8. The van der Waals surface area contributed by atoms with Gasteiger partial charge in [-0.05, 0) is 28.5 Å². The molecule has 0 saturated carbocycles. The van der Waals surface area contributed by atoms with Crippen LogP contribution in [-0.4, -0.2) is 6.54 Å². The minimum absolute atomic E-state index is 0.445. The van der Waals surface area contributed by atoms with Gasteiger partial charge < -0.3 is 5.32 Å². The Bertz CT molecular complexity index is 511. The summed E-state index contributed by atoms with van der Waals surface area (Å²) in [6.07, 6.45) is 1.77. The van der Waals surface area contributed by atoms with Crippen molar-refractivity contribution in [3.8, 4) is 11.1 Å². The van der Waals surface area contributed by atoms with Crippen molar-refractivity contribution in [2.24, 2.45) is 0 Å². The maximum absolute atomic E-state index is 3.72. The van der Waals surface area contributed by atoms with E-state index in [0.29, 0.717) is 5.92 Å². The molecular weight excluding hydrogens is 206 g/mol. The topological polar surface area (TPSA) is 12.0 Å². The molecule has 1 N–H and O–H groups in total. The molecule has 0 fully saturated rings. The Hall–Kier alpha value is -2.02. The van der Waals surface area contributed by atoms with E-state index in [1.54, 1.807) is 6.20 Å². The molecular formula is C16H15N. The third kappa shape index (κ3) is 1.55. The molecule has 0 spiro atoms. The fourth-order valence-corrected chi connectivity index (χ4v) is 2.68. The van der Waals surface area contributed by atoms with Gasteiger partial charge in [0, 0.05) is 12.5 Å². The first-order valence-electron chi connectivity index (χ1n) is 5.94. The summed E-state index contributed by atoms with van der Waals surface area (Å²) in [6, 6.07) is 17.3. The summed E-state index contributed by atoms with van der Waals surface area (Å²) in [5.41, 5.74) is 5.59. The van der Waals surface area contributed by atoms with E-state index in [2.05, 4.69) is 60.4 Å². The summed E-state index contributed by atoms with van der Waals surface area (Å²) >= 11 is 0. The summed E-state index contributed by atoms with van der Waals surface area (Å²) in [5.74, 6) is 0.445. The number of benzene rings is 2. The van der Waals surface area contributed by atoms with Crippen LogP contribution in [-0.2, 0) is 0 Å². The van der Waals surface area contributed by atoms with Crippen LogP contribution >= 0.6 is 0 Å². The molecule has 2 aromatic carbocycles. The molecule has 0 heterocycles. The molecule has 1 nitrogen and oxygen atoms in total. The molecule has 0 saturated heterocycles. The van der Waals surface area contributed by atoms with Gasteiger partial charge in [-0.15, -0.1) is 0 Å². The number of hydrogen-bond acceptors (Lipinski definition) is 1. The van der Waals surface area contributed by atoms with E-state index >= 15 is 0 Å². The van der Waals surface area contributed by atoms with Crippen molar-refractivity contribution in [2.45, 2.75) is 5.92 Å². The van der Waals surface area contributed by atoms with Crippen LogP contribution in [0.15, 0.2) is 61.3 Å². The predicted molar refractivity (Wildman–Crippen MR) is 71.9 cm³/mol. The van der Waals surface area contributed by atoms with Crippen LogP contribution in [0.2, 0.25) is 0 Å². The zero-order chi connectivity index (χ0) is 11.7. The van der Waals surface area contributed by atoms with Crippen LogP contribution < -0.4 is 5.32 Å². The van der Waals surface area contributed by atoms with Crippen molar-refractivity contribution in [1.29, 1.82) is 0 Å². The van der Waals surface area contributed by atoms with Gasteiger partial charge in [-0.2, -0.15) is 0 Å². The average Bonchev–Trinajstić information content (AvgIpc) is 2.71. The van der Waals surface area contributed by atoms with Crippen LogP contribution in [0.3, 0.4) is 0 Å². The summed E-state index contributed by atoms with van der Waals surface area (Å²) in [7, 11) is 0. The van der Waals surface area contributed by atoms with Crippen molar-refractivity contribution in [1.82, 2.24) is 5.32 Å². The third-order valence-corrected chi connectivity index (χ3v) is 3.43. The van der Waals surface area contributed by atoms with Gasteiger partial charge >= 0.3 is 0 Å². The third-order valence-electron chi connectivity index (χ3n) is 3.43. The highest BCUT2D eigenvalue weighted by Crippen LogP contribution is 2.43. The molecule has 17 heavy (non-hydrogen) atoms. The second-order valence-corrected chi connectivity index (χ2v) is 4.34. The quantitative estimate of drug-likeness (QED) is 0.836. The molecule has 1 aliphatic carbocycles. The molecule has 1 heteroatoms. The molecule has 3 rings (SSSR count). The normalized spacial score (nSPS) is 12.9. The van der Waals surface area contributed by atoms with Crippen molar-refractivity contribution >= 4 is 0 Å². The summed E-state index contributed by atoms with van der Waals surface area (Å²) in [4.78, 5) is 0. The van der Waals surface area contributed by atoms with Gasteiger partial charge in [-0.1, -0.05) is 55.1 Å². The molecule has 1 aliphatic rings. The smallest absolute Gasteiger partial charge is 0.0275 e. The highest BCUT2D eigenvalue weighted by Gasteiger charge is 2.27. The van der Waals surface area contributed by atoms with Crippen molar-refractivity contribution in [3.63, 3.8) is 0 Å². The number of fused-ring (bicyclic) bond motifs is 3. The molecule has 84 valence electrons. The predicted octanol–water partition coefficient (Wildman–Crippen LogP) is 3.53. The average molecular weight is 221 g/mol. The molecule has 2 aromatic rings. The lowest BCUT2D eigenvalue weighted by atomic mass is 9.97. The molecule has 0 amide bonds. The first-order valence-corrected chi connectivity index (χ1v) is 5.94. The monoisotopic (exact) mass is 221 g/mol. The van der Waals surface area contributed by atoms with Gasteiger partial charge in [0.25, 0.3) is 0 Å². The number of rotatable bonds is 3. The lowest BCUT2D eigenvalue weighted by Gasteiger charge is -2.13. The zero-order valence-electron chi connectivity index (χ0n) is 9.69. The Morgan fingerprint density at radius 3 is 2.00 bits per heavy atom. The molecule has 0 radical (unpaired) electrons. The highest BCUT2D eigenvalue weighted by molar-refractivity contribution is 5.78. The number of hydrogen-bond donors (Lipinski definition) is 1. The second kappa shape index (κ2) is 4.10. The van der Waals surface area contributed by atoms with E-state index in [-0.39, 0.29) is 0 Å². The van der Waals surface area contributed by atoms with Crippen LogP contribution in [0.25, 0.3) is 11.1 Å².